The number of anilines is 2. The highest BCUT2D eigenvalue weighted by Gasteiger charge is 2.09. The number of ether oxygens (including phenoxy) is 1. The first-order valence-corrected chi connectivity index (χ1v) is 7.56. The molecule has 0 amide bonds. The SMILES string of the molecule is CC(C)Oc1cnc(Cl)c(Nc2ncn(-c3ccccc3)n2)c1. The quantitative estimate of drug-likeness (QED) is 0.720. The number of hydrogen-bond acceptors (Lipinski definition) is 5. The van der Waals surface area contributed by atoms with Gasteiger partial charge in [0.25, 0.3) is 0 Å². The first-order valence-electron chi connectivity index (χ1n) is 7.18. The minimum Gasteiger partial charge on any atom is -0.489 e. The molecule has 3 aromatic rings. The number of para-hydroxylation sites is 1. The highest BCUT2D eigenvalue weighted by Crippen LogP contribution is 2.26. The molecular formula is C16H16ClN5O. The second-order valence-electron chi connectivity index (χ2n) is 5.15. The number of nitrogens with one attached hydrogen (secondary N) is 1. The van der Waals surface area contributed by atoms with Gasteiger partial charge in [0.1, 0.15) is 12.1 Å². The molecule has 0 aliphatic carbocycles. The van der Waals surface area contributed by atoms with E-state index in [4.69, 9.17) is 16.3 Å². The molecule has 0 radical (unpaired) electrons. The van der Waals surface area contributed by atoms with E-state index in [0.717, 1.165) is 5.69 Å². The molecule has 1 aromatic carbocycles. The molecule has 23 heavy (non-hydrogen) atoms. The fraction of sp³-hybridized carbons (Fsp3) is 0.188. The molecule has 0 aliphatic rings. The number of rotatable bonds is 5. The summed E-state index contributed by atoms with van der Waals surface area (Å²) >= 11 is 6.11. The van der Waals surface area contributed by atoms with Crippen LogP contribution in [0, 0.1) is 0 Å². The van der Waals surface area contributed by atoms with Crippen LogP contribution in [0.3, 0.4) is 0 Å². The Balaban J connectivity index is 1.81. The topological polar surface area (TPSA) is 64.9 Å². The molecule has 118 valence electrons. The van der Waals surface area contributed by atoms with Gasteiger partial charge >= 0.3 is 0 Å². The normalized spacial score (nSPS) is 10.8. The Bertz CT molecular complexity index is 788. The molecule has 0 bridgehead atoms. The highest BCUT2D eigenvalue weighted by molar-refractivity contribution is 6.32. The maximum atomic E-state index is 6.11. The van der Waals surface area contributed by atoms with Crippen molar-refractivity contribution in [3.8, 4) is 11.4 Å². The molecule has 6 nitrogen and oxygen atoms in total. The summed E-state index contributed by atoms with van der Waals surface area (Å²) in [6.45, 7) is 3.90. The Hall–Kier alpha value is -2.60. The number of aromatic nitrogens is 4. The summed E-state index contributed by atoms with van der Waals surface area (Å²) in [5.74, 6) is 1.06. The van der Waals surface area contributed by atoms with E-state index in [0.29, 0.717) is 22.5 Å². The Morgan fingerprint density at radius 2 is 1.96 bits per heavy atom. The highest BCUT2D eigenvalue weighted by atomic mass is 35.5. The monoisotopic (exact) mass is 329 g/mol. The fourth-order valence-electron chi connectivity index (χ4n) is 2.00. The molecule has 0 saturated carbocycles. The van der Waals surface area contributed by atoms with E-state index >= 15 is 0 Å². The van der Waals surface area contributed by atoms with Crippen molar-refractivity contribution < 1.29 is 4.74 Å². The summed E-state index contributed by atoms with van der Waals surface area (Å²) in [5, 5.41) is 7.76. The number of halogens is 1. The van der Waals surface area contributed by atoms with Gasteiger partial charge in [0, 0.05) is 6.07 Å². The van der Waals surface area contributed by atoms with Crippen molar-refractivity contribution in [3.05, 3.63) is 54.1 Å². The Labute approximate surface area is 139 Å². The van der Waals surface area contributed by atoms with Crippen molar-refractivity contribution in [2.75, 3.05) is 5.32 Å². The molecule has 0 fully saturated rings. The van der Waals surface area contributed by atoms with Crippen LogP contribution in [-0.2, 0) is 0 Å². The molecule has 7 heteroatoms. The van der Waals surface area contributed by atoms with Crippen molar-refractivity contribution in [2.24, 2.45) is 0 Å². The van der Waals surface area contributed by atoms with Gasteiger partial charge in [-0.2, -0.15) is 4.98 Å². The zero-order valence-electron chi connectivity index (χ0n) is 12.8. The van der Waals surface area contributed by atoms with E-state index in [1.165, 1.54) is 0 Å². The van der Waals surface area contributed by atoms with Crippen LogP contribution in [0.2, 0.25) is 5.15 Å². The third-order valence-electron chi connectivity index (χ3n) is 2.94. The number of benzene rings is 1. The first-order chi connectivity index (χ1) is 11.1. The zero-order chi connectivity index (χ0) is 16.2. The van der Waals surface area contributed by atoms with E-state index in [9.17, 15) is 0 Å². The summed E-state index contributed by atoms with van der Waals surface area (Å²) in [7, 11) is 0. The maximum absolute atomic E-state index is 6.11. The second kappa shape index (κ2) is 6.66. The van der Waals surface area contributed by atoms with Crippen LogP contribution in [0.15, 0.2) is 48.9 Å². The Morgan fingerprint density at radius 1 is 1.17 bits per heavy atom. The van der Waals surface area contributed by atoms with Crippen molar-refractivity contribution in [2.45, 2.75) is 20.0 Å². The molecular weight excluding hydrogens is 314 g/mol. The van der Waals surface area contributed by atoms with Crippen molar-refractivity contribution in [1.82, 2.24) is 19.7 Å². The van der Waals surface area contributed by atoms with Crippen LogP contribution in [0.4, 0.5) is 11.6 Å². The third kappa shape index (κ3) is 3.78. The predicted octanol–water partition coefficient (Wildman–Crippen LogP) is 3.85. The Morgan fingerprint density at radius 3 is 2.70 bits per heavy atom. The largest absolute Gasteiger partial charge is 0.489 e. The van der Waals surface area contributed by atoms with E-state index in [1.807, 2.05) is 44.2 Å². The van der Waals surface area contributed by atoms with Crippen molar-refractivity contribution >= 4 is 23.2 Å². The van der Waals surface area contributed by atoms with Gasteiger partial charge in [-0.25, -0.2) is 9.67 Å². The molecule has 1 N–H and O–H groups in total. The second-order valence-corrected chi connectivity index (χ2v) is 5.51. The molecule has 2 aromatic heterocycles. The molecule has 0 spiro atoms. The molecule has 0 aliphatic heterocycles. The lowest BCUT2D eigenvalue weighted by molar-refractivity contribution is 0.241. The van der Waals surface area contributed by atoms with Crippen LogP contribution in [0.1, 0.15) is 13.8 Å². The van der Waals surface area contributed by atoms with Gasteiger partial charge in [-0.3, -0.25) is 0 Å². The lowest BCUT2D eigenvalue weighted by atomic mass is 10.3. The van der Waals surface area contributed by atoms with E-state index in [1.54, 1.807) is 23.3 Å². The molecule has 3 rings (SSSR count). The van der Waals surface area contributed by atoms with Gasteiger partial charge in [-0.15, -0.1) is 5.10 Å². The molecule has 0 unspecified atom stereocenters. The summed E-state index contributed by atoms with van der Waals surface area (Å²) in [4.78, 5) is 8.34. The average molecular weight is 330 g/mol. The summed E-state index contributed by atoms with van der Waals surface area (Å²) < 4.78 is 7.29. The van der Waals surface area contributed by atoms with Crippen LogP contribution in [0.25, 0.3) is 5.69 Å². The summed E-state index contributed by atoms with van der Waals surface area (Å²) in [6.07, 6.45) is 3.28. The molecule has 2 heterocycles. The number of hydrogen-bond donors (Lipinski definition) is 1. The van der Waals surface area contributed by atoms with Crippen molar-refractivity contribution in [1.29, 1.82) is 0 Å². The van der Waals surface area contributed by atoms with E-state index in [2.05, 4.69) is 20.4 Å². The van der Waals surface area contributed by atoms with Crippen LogP contribution >= 0.6 is 11.6 Å². The lowest BCUT2D eigenvalue weighted by Crippen LogP contribution is -2.06. The summed E-state index contributed by atoms with van der Waals surface area (Å²) in [5.41, 5.74) is 1.52. The van der Waals surface area contributed by atoms with E-state index in [-0.39, 0.29) is 6.10 Å². The van der Waals surface area contributed by atoms with E-state index < -0.39 is 0 Å². The first kappa shape index (κ1) is 15.3. The Kier molecular flexibility index (Phi) is 4.43. The van der Waals surface area contributed by atoms with Crippen LogP contribution in [0.5, 0.6) is 5.75 Å². The van der Waals surface area contributed by atoms with Gasteiger partial charge in [0.2, 0.25) is 5.95 Å². The number of pyridine rings is 1. The smallest absolute Gasteiger partial charge is 0.247 e. The van der Waals surface area contributed by atoms with Crippen molar-refractivity contribution in [3.63, 3.8) is 0 Å². The predicted molar refractivity (Wildman–Crippen MR) is 89.7 cm³/mol. The molecule has 0 atom stereocenters. The summed E-state index contributed by atoms with van der Waals surface area (Å²) in [6, 6.07) is 11.5. The maximum Gasteiger partial charge on any atom is 0.247 e. The van der Waals surface area contributed by atoms with Gasteiger partial charge < -0.3 is 10.1 Å². The third-order valence-corrected chi connectivity index (χ3v) is 3.25. The van der Waals surface area contributed by atoms with Gasteiger partial charge in [0.05, 0.1) is 23.7 Å². The van der Waals surface area contributed by atoms with Gasteiger partial charge in [-0.1, -0.05) is 29.8 Å². The van der Waals surface area contributed by atoms with Crippen LogP contribution in [-0.4, -0.2) is 25.9 Å². The molecule has 0 saturated heterocycles. The average Bonchev–Trinajstić information content (AvgIpc) is 3.00. The minimum atomic E-state index is 0.0567. The van der Waals surface area contributed by atoms with Gasteiger partial charge in [0.15, 0.2) is 5.15 Å². The van der Waals surface area contributed by atoms with Crippen LogP contribution < -0.4 is 10.1 Å². The zero-order valence-corrected chi connectivity index (χ0v) is 13.5. The number of nitrogens with zero attached hydrogens (tertiary/aromatic N) is 4. The minimum absolute atomic E-state index is 0.0567. The standard InChI is InChI=1S/C16H16ClN5O/c1-11(2)23-13-8-14(15(17)18-9-13)20-16-19-10-22(21-16)12-6-4-3-5-7-12/h3-11H,1-2H3,(H,20,21). The van der Waals surface area contributed by atoms with Gasteiger partial charge in [-0.05, 0) is 26.0 Å². The fourth-order valence-corrected chi connectivity index (χ4v) is 2.15. The lowest BCUT2D eigenvalue weighted by Gasteiger charge is -2.11.